The molecule has 10 heteroatoms. The summed E-state index contributed by atoms with van der Waals surface area (Å²) in [6.07, 6.45) is 4.15. The number of rotatable bonds is 6. The lowest BCUT2D eigenvalue weighted by atomic mass is 10.4. The van der Waals surface area contributed by atoms with E-state index in [1.165, 1.54) is 23.4 Å². The molecule has 19 heavy (non-hydrogen) atoms. The Bertz CT molecular complexity index is 562. The van der Waals surface area contributed by atoms with E-state index in [2.05, 4.69) is 25.5 Å². The molecule has 0 aromatic carbocycles. The largest absolute Gasteiger partial charge is 0.381 e. The first-order valence-electron chi connectivity index (χ1n) is 5.42. The number of imidazole rings is 1. The summed E-state index contributed by atoms with van der Waals surface area (Å²) in [6, 6.07) is 0. The van der Waals surface area contributed by atoms with Crippen LogP contribution in [0.3, 0.4) is 0 Å². The van der Waals surface area contributed by atoms with Crippen molar-refractivity contribution in [3.05, 3.63) is 34.8 Å². The minimum atomic E-state index is -0.583. The topological polar surface area (TPSA) is 132 Å². The maximum absolute atomic E-state index is 11.5. The average molecular weight is 265 g/mol. The zero-order valence-electron chi connectivity index (χ0n) is 9.81. The van der Waals surface area contributed by atoms with E-state index in [0.29, 0.717) is 12.4 Å². The molecule has 0 aliphatic rings. The minimum absolute atomic E-state index is 0.187. The van der Waals surface area contributed by atoms with Crippen LogP contribution in [0.4, 0.5) is 5.82 Å². The fraction of sp³-hybridized carbons (Fsp3) is 0.333. The average Bonchev–Trinajstić information content (AvgIpc) is 3.05. The zero-order chi connectivity index (χ0) is 13.7. The van der Waals surface area contributed by atoms with Crippen LogP contribution in [0.2, 0.25) is 0 Å². The van der Waals surface area contributed by atoms with Crippen molar-refractivity contribution in [2.24, 2.45) is 0 Å². The van der Waals surface area contributed by atoms with E-state index >= 15 is 0 Å². The van der Waals surface area contributed by atoms with E-state index in [1.54, 1.807) is 0 Å². The lowest BCUT2D eigenvalue weighted by molar-refractivity contribution is -0.389. The lowest BCUT2D eigenvalue weighted by Crippen LogP contribution is -2.24. The first kappa shape index (κ1) is 12.7. The monoisotopic (exact) mass is 265 g/mol. The molecule has 0 saturated heterocycles. The fourth-order valence-corrected chi connectivity index (χ4v) is 1.38. The second-order valence-electron chi connectivity index (χ2n) is 3.69. The first-order chi connectivity index (χ1) is 9.15. The van der Waals surface area contributed by atoms with Crippen LogP contribution in [0.1, 0.15) is 12.2 Å². The molecule has 2 heterocycles. The zero-order valence-corrected chi connectivity index (χ0v) is 9.81. The highest BCUT2D eigenvalue weighted by atomic mass is 16.6. The van der Waals surface area contributed by atoms with Gasteiger partial charge < -0.3 is 20.0 Å². The predicted octanol–water partition coefficient (Wildman–Crippen LogP) is -0.384. The molecule has 0 atom stereocenters. The van der Waals surface area contributed by atoms with Gasteiger partial charge in [-0.05, 0) is 9.91 Å². The molecule has 2 aromatic heterocycles. The van der Waals surface area contributed by atoms with Gasteiger partial charge in [-0.1, -0.05) is 0 Å². The number of aromatic nitrogens is 5. The molecule has 0 aliphatic heterocycles. The third-order valence-electron chi connectivity index (χ3n) is 2.32. The Morgan fingerprint density at radius 3 is 3.00 bits per heavy atom. The van der Waals surface area contributed by atoms with Crippen LogP contribution in [0.25, 0.3) is 0 Å². The summed E-state index contributed by atoms with van der Waals surface area (Å²) < 4.78 is 1.49. The summed E-state index contributed by atoms with van der Waals surface area (Å²) in [5.74, 6) is 0.140. The highest BCUT2D eigenvalue weighted by Crippen LogP contribution is 2.05. The van der Waals surface area contributed by atoms with Crippen LogP contribution < -0.4 is 5.32 Å². The molecule has 0 radical (unpaired) electrons. The van der Waals surface area contributed by atoms with Crippen molar-refractivity contribution < 1.29 is 9.72 Å². The fourth-order valence-electron chi connectivity index (χ4n) is 1.38. The van der Waals surface area contributed by atoms with Gasteiger partial charge in [0, 0.05) is 13.0 Å². The summed E-state index contributed by atoms with van der Waals surface area (Å²) in [5.41, 5.74) is 0. The predicted molar refractivity (Wildman–Crippen MR) is 61.7 cm³/mol. The van der Waals surface area contributed by atoms with Crippen molar-refractivity contribution in [2.45, 2.75) is 19.5 Å². The molecule has 0 aliphatic carbocycles. The molecular formula is C9H11N7O3. The molecule has 0 spiro atoms. The minimum Gasteiger partial charge on any atom is -0.358 e. The molecule has 0 bridgehead atoms. The van der Waals surface area contributed by atoms with Crippen molar-refractivity contribution >= 4 is 11.7 Å². The third-order valence-corrected chi connectivity index (χ3v) is 2.32. The Kier molecular flexibility index (Phi) is 3.81. The summed E-state index contributed by atoms with van der Waals surface area (Å²) in [7, 11) is 0. The van der Waals surface area contributed by atoms with Crippen LogP contribution in [-0.2, 0) is 17.9 Å². The molecule has 2 rings (SSSR count). The number of hydrogen-bond acceptors (Lipinski definition) is 6. The molecule has 10 nitrogen and oxygen atoms in total. The second kappa shape index (κ2) is 5.71. The number of H-pyrrole nitrogens is 1. The van der Waals surface area contributed by atoms with Gasteiger partial charge in [-0.15, -0.1) is 0 Å². The molecule has 2 aromatic rings. The van der Waals surface area contributed by atoms with Crippen LogP contribution in [-0.4, -0.2) is 35.6 Å². The second-order valence-corrected chi connectivity index (χ2v) is 3.69. The molecule has 0 unspecified atom stereocenters. The Morgan fingerprint density at radius 1 is 1.53 bits per heavy atom. The van der Waals surface area contributed by atoms with Crippen LogP contribution in [0.5, 0.6) is 0 Å². The van der Waals surface area contributed by atoms with E-state index in [1.807, 2.05) is 0 Å². The number of carbonyl (C=O) groups excluding carboxylic acids is 1. The van der Waals surface area contributed by atoms with Gasteiger partial charge in [0.25, 0.3) is 0 Å². The number of nitrogens with zero attached hydrogens (tertiary/aromatic N) is 5. The molecule has 1 amide bonds. The summed E-state index contributed by atoms with van der Waals surface area (Å²) in [5, 5.41) is 19.3. The highest BCUT2D eigenvalue weighted by molar-refractivity contribution is 5.75. The molecular weight excluding hydrogens is 254 g/mol. The number of nitro groups is 1. The number of aryl methyl sites for hydroxylation is 1. The van der Waals surface area contributed by atoms with Crippen molar-refractivity contribution in [2.75, 3.05) is 0 Å². The Morgan fingerprint density at radius 2 is 2.37 bits per heavy atom. The van der Waals surface area contributed by atoms with Crippen molar-refractivity contribution in [3.63, 3.8) is 0 Å². The van der Waals surface area contributed by atoms with Gasteiger partial charge in [0.05, 0.1) is 6.54 Å². The Balaban J connectivity index is 1.75. The van der Waals surface area contributed by atoms with E-state index in [9.17, 15) is 14.9 Å². The van der Waals surface area contributed by atoms with Gasteiger partial charge in [0.15, 0.2) is 0 Å². The maximum Gasteiger partial charge on any atom is 0.381 e. The van der Waals surface area contributed by atoms with Gasteiger partial charge in [0.2, 0.25) is 12.2 Å². The van der Waals surface area contributed by atoms with E-state index < -0.39 is 4.92 Å². The number of aromatic amines is 1. The van der Waals surface area contributed by atoms with Crippen LogP contribution >= 0.6 is 0 Å². The molecule has 0 fully saturated rings. The van der Waals surface area contributed by atoms with E-state index in [4.69, 9.17) is 0 Å². The number of amides is 1. The van der Waals surface area contributed by atoms with Crippen molar-refractivity contribution in [1.29, 1.82) is 0 Å². The highest BCUT2D eigenvalue weighted by Gasteiger charge is 2.10. The molecule has 0 saturated carbocycles. The Labute approximate surface area is 107 Å². The first-order valence-corrected chi connectivity index (χ1v) is 5.42. The quantitative estimate of drug-likeness (QED) is 0.540. The lowest BCUT2D eigenvalue weighted by Gasteiger charge is -2.02. The maximum atomic E-state index is 11.5. The van der Waals surface area contributed by atoms with Crippen molar-refractivity contribution in [3.8, 4) is 0 Å². The SMILES string of the molecule is O=C(CCn1cnc([N+](=O)[O-])c1)NCc1ncn[nH]1. The standard InChI is InChI=1S/C9H11N7O3/c17-9(10-3-7-11-5-13-14-7)1-2-15-4-8(12-6-15)16(18)19/h4-6H,1-3H2,(H,10,17)(H,11,13,14). The third kappa shape index (κ3) is 3.59. The van der Waals surface area contributed by atoms with Gasteiger partial charge in [0.1, 0.15) is 18.3 Å². The summed E-state index contributed by atoms with van der Waals surface area (Å²) in [4.78, 5) is 28.8. The van der Waals surface area contributed by atoms with E-state index in [-0.39, 0.29) is 24.7 Å². The summed E-state index contributed by atoms with van der Waals surface area (Å²) >= 11 is 0. The van der Waals surface area contributed by atoms with Gasteiger partial charge >= 0.3 is 5.82 Å². The number of carbonyl (C=O) groups is 1. The number of hydrogen-bond donors (Lipinski definition) is 2. The normalized spacial score (nSPS) is 10.3. The summed E-state index contributed by atoms with van der Waals surface area (Å²) in [6.45, 7) is 0.589. The van der Waals surface area contributed by atoms with Gasteiger partial charge in [-0.3, -0.25) is 9.89 Å². The Hall–Kier alpha value is -2.78. The van der Waals surface area contributed by atoms with Gasteiger partial charge in [-0.2, -0.15) is 5.10 Å². The van der Waals surface area contributed by atoms with Gasteiger partial charge in [-0.25, -0.2) is 4.98 Å². The number of nitrogens with one attached hydrogen (secondary N) is 2. The van der Waals surface area contributed by atoms with Crippen LogP contribution in [0, 0.1) is 10.1 Å². The van der Waals surface area contributed by atoms with Crippen molar-refractivity contribution in [1.82, 2.24) is 30.0 Å². The smallest absolute Gasteiger partial charge is 0.358 e. The molecule has 100 valence electrons. The van der Waals surface area contributed by atoms with Crippen LogP contribution in [0.15, 0.2) is 18.9 Å². The van der Waals surface area contributed by atoms with E-state index in [0.717, 1.165) is 0 Å². The molecule has 2 N–H and O–H groups in total.